The van der Waals surface area contributed by atoms with Crippen LogP contribution in [-0.2, 0) is 0 Å². The molecule has 2 unspecified atom stereocenters. The molecule has 0 aromatic heterocycles. The first-order valence-corrected chi connectivity index (χ1v) is 6.31. The van der Waals surface area contributed by atoms with Crippen molar-refractivity contribution in [2.45, 2.75) is 52.5 Å². The summed E-state index contributed by atoms with van der Waals surface area (Å²) < 4.78 is 0. The fourth-order valence-corrected chi connectivity index (χ4v) is 2.81. The van der Waals surface area contributed by atoms with Gasteiger partial charge < -0.3 is 10.6 Å². The molecule has 2 atom stereocenters. The SMILES string of the molecule is CN(CC1CCCC(N)C1)CC(C)(C)C. The molecule has 0 aromatic carbocycles. The molecule has 0 aromatic rings. The third kappa shape index (κ3) is 5.53. The van der Waals surface area contributed by atoms with E-state index < -0.39 is 0 Å². The lowest BCUT2D eigenvalue weighted by Gasteiger charge is -2.33. The minimum atomic E-state index is 0.408. The molecule has 0 spiro atoms. The van der Waals surface area contributed by atoms with Crippen molar-refractivity contribution >= 4 is 0 Å². The van der Waals surface area contributed by atoms with Gasteiger partial charge in [0.25, 0.3) is 0 Å². The molecule has 1 aliphatic carbocycles. The molecule has 1 fully saturated rings. The topological polar surface area (TPSA) is 29.3 Å². The van der Waals surface area contributed by atoms with E-state index >= 15 is 0 Å². The van der Waals surface area contributed by atoms with Gasteiger partial charge in [-0.2, -0.15) is 0 Å². The summed E-state index contributed by atoms with van der Waals surface area (Å²) in [6.07, 6.45) is 5.17. The normalized spacial score (nSPS) is 28.4. The van der Waals surface area contributed by atoms with Gasteiger partial charge in [0, 0.05) is 19.1 Å². The molecule has 0 radical (unpaired) electrons. The molecule has 2 nitrogen and oxygen atoms in total. The number of rotatable bonds is 3. The van der Waals surface area contributed by atoms with Gasteiger partial charge in [-0.1, -0.05) is 27.2 Å². The molecular formula is C13H28N2. The highest BCUT2D eigenvalue weighted by atomic mass is 15.1. The Morgan fingerprint density at radius 2 is 1.93 bits per heavy atom. The van der Waals surface area contributed by atoms with Crippen LogP contribution in [0.25, 0.3) is 0 Å². The number of hydrogen-bond acceptors (Lipinski definition) is 2. The average molecular weight is 212 g/mol. The van der Waals surface area contributed by atoms with Crippen molar-refractivity contribution in [3.05, 3.63) is 0 Å². The van der Waals surface area contributed by atoms with E-state index in [4.69, 9.17) is 5.73 Å². The van der Waals surface area contributed by atoms with Gasteiger partial charge in [0.2, 0.25) is 0 Å². The van der Waals surface area contributed by atoms with Gasteiger partial charge >= 0.3 is 0 Å². The molecule has 0 saturated heterocycles. The number of nitrogens with zero attached hydrogens (tertiary/aromatic N) is 1. The van der Waals surface area contributed by atoms with Gasteiger partial charge in [0.1, 0.15) is 0 Å². The molecule has 0 bridgehead atoms. The van der Waals surface area contributed by atoms with Crippen molar-refractivity contribution < 1.29 is 0 Å². The van der Waals surface area contributed by atoms with E-state index in [1.807, 2.05) is 0 Å². The highest BCUT2D eigenvalue weighted by Gasteiger charge is 2.22. The third-order valence-corrected chi connectivity index (χ3v) is 3.14. The quantitative estimate of drug-likeness (QED) is 0.779. The summed E-state index contributed by atoms with van der Waals surface area (Å²) in [5, 5.41) is 0. The Balaban J connectivity index is 2.28. The Bertz CT molecular complexity index is 183. The molecule has 90 valence electrons. The molecule has 1 aliphatic rings. The molecule has 1 rings (SSSR count). The van der Waals surface area contributed by atoms with E-state index in [2.05, 4.69) is 32.7 Å². The van der Waals surface area contributed by atoms with Crippen molar-refractivity contribution in [2.75, 3.05) is 20.1 Å². The van der Waals surface area contributed by atoms with Crippen LogP contribution in [0.1, 0.15) is 46.5 Å². The fourth-order valence-electron chi connectivity index (χ4n) is 2.81. The maximum atomic E-state index is 6.01. The first kappa shape index (κ1) is 13.0. The second-order valence-electron chi connectivity index (χ2n) is 6.55. The summed E-state index contributed by atoms with van der Waals surface area (Å²) >= 11 is 0. The van der Waals surface area contributed by atoms with Crippen molar-refractivity contribution in [3.63, 3.8) is 0 Å². The summed E-state index contributed by atoms with van der Waals surface area (Å²) in [6.45, 7) is 9.31. The molecule has 0 heterocycles. The Morgan fingerprint density at radius 1 is 1.27 bits per heavy atom. The van der Waals surface area contributed by atoms with Crippen LogP contribution in [0.2, 0.25) is 0 Å². The molecule has 1 saturated carbocycles. The molecule has 2 N–H and O–H groups in total. The van der Waals surface area contributed by atoms with Crippen LogP contribution in [0, 0.1) is 11.3 Å². The maximum Gasteiger partial charge on any atom is 0.00419 e. The smallest absolute Gasteiger partial charge is 0.00419 e. The Morgan fingerprint density at radius 3 is 2.47 bits per heavy atom. The highest BCUT2D eigenvalue weighted by Crippen LogP contribution is 2.24. The van der Waals surface area contributed by atoms with Crippen molar-refractivity contribution in [3.8, 4) is 0 Å². The largest absolute Gasteiger partial charge is 0.328 e. The van der Waals surface area contributed by atoms with Crippen molar-refractivity contribution in [1.82, 2.24) is 4.90 Å². The fraction of sp³-hybridized carbons (Fsp3) is 1.00. The zero-order valence-corrected chi connectivity index (χ0v) is 10.9. The first-order valence-electron chi connectivity index (χ1n) is 6.31. The van der Waals surface area contributed by atoms with E-state index in [0.717, 1.165) is 5.92 Å². The van der Waals surface area contributed by atoms with Crippen LogP contribution in [0.5, 0.6) is 0 Å². The second kappa shape index (κ2) is 5.31. The van der Waals surface area contributed by atoms with Crippen LogP contribution in [-0.4, -0.2) is 31.1 Å². The predicted molar refractivity (Wildman–Crippen MR) is 66.9 cm³/mol. The molecule has 15 heavy (non-hydrogen) atoms. The first-order chi connectivity index (χ1) is 6.87. The Hall–Kier alpha value is -0.0800. The van der Waals surface area contributed by atoms with Gasteiger partial charge in [-0.05, 0) is 37.6 Å². The number of hydrogen-bond donors (Lipinski definition) is 1. The summed E-state index contributed by atoms with van der Waals surface area (Å²) in [5.41, 5.74) is 6.42. The lowest BCUT2D eigenvalue weighted by Crippen LogP contribution is -2.37. The van der Waals surface area contributed by atoms with Crippen molar-refractivity contribution in [1.29, 1.82) is 0 Å². The van der Waals surface area contributed by atoms with Crippen LogP contribution in [0.4, 0.5) is 0 Å². The third-order valence-electron chi connectivity index (χ3n) is 3.14. The molecular weight excluding hydrogens is 184 g/mol. The minimum absolute atomic E-state index is 0.408. The van der Waals surface area contributed by atoms with Gasteiger partial charge in [-0.15, -0.1) is 0 Å². The van der Waals surface area contributed by atoms with E-state index in [0.29, 0.717) is 11.5 Å². The second-order valence-corrected chi connectivity index (χ2v) is 6.55. The molecule has 2 heteroatoms. The summed E-state index contributed by atoms with van der Waals surface area (Å²) in [4.78, 5) is 2.47. The van der Waals surface area contributed by atoms with Gasteiger partial charge in [-0.3, -0.25) is 0 Å². The van der Waals surface area contributed by atoms with E-state index in [9.17, 15) is 0 Å². The zero-order chi connectivity index (χ0) is 11.5. The summed E-state index contributed by atoms with van der Waals surface area (Å²) in [7, 11) is 2.24. The van der Waals surface area contributed by atoms with Crippen LogP contribution < -0.4 is 5.73 Å². The maximum absolute atomic E-state index is 6.01. The van der Waals surface area contributed by atoms with Crippen LogP contribution in [0.15, 0.2) is 0 Å². The number of nitrogens with two attached hydrogens (primary N) is 1. The lowest BCUT2D eigenvalue weighted by atomic mass is 9.85. The standard InChI is InChI=1S/C13H28N2/c1-13(2,3)10-15(4)9-11-6-5-7-12(14)8-11/h11-12H,5-10,14H2,1-4H3. The average Bonchev–Trinajstić information content (AvgIpc) is 1.99. The van der Waals surface area contributed by atoms with E-state index in [1.54, 1.807) is 0 Å². The summed E-state index contributed by atoms with van der Waals surface area (Å²) in [5.74, 6) is 0.834. The van der Waals surface area contributed by atoms with Gasteiger partial charge in [0.15, 0.2) is 0 Å². The molecule has 0 aliphatic heterocycles. The predicted octanol–water partition coefficient (Wildman–Crippen LogP) is 2.48. The lowest BCUT2D eigenvalue weighted by molar-refractivity contribution is 0.174. The van der Waals surface area contributed by atoms with E-state index in [-0.39, 0.29) is 0 Å². The minimum Gasteiger partial charge on any atom is -0.328 e. The van der Waals surface area contributed by atoms with Crippen LogP contribution in [0.3, 0.4) is 0 Å². The van der Waals surface area contributed by atoms with Gasteiger partial charge in [0.05, 0.1) is 0 Å². The van der Waals surface area contributed by atoms with Crippen molar-refractivity contribution in [2.24, 2.45) is 17.1 Å². The van der Waals surface area contributed by atoms with Gasteiger partial charge in [-0.25, -0.2) is 0 Å². The zero-order valence-electron chi connectivity index (χ0n) is 10.9. The Kier molecular flexibility index (Phi) is 4.60. The monoisotopic (exact) mass is 212 g/mol. The highest BCUT2D eigenvalue weighted by molar-refractivity contribution is 4.78. The van der Waals surface area contributed by atoms with Crippen LogP contribution >= 0.6 is 0 Å². The Labute approximate surface area is 95.2 Å². The molecule has 0 amide bonds. The summed E-state index contributed by atoms with van der Waals surface area (Å²) in [6, 6.07) is 0.465. The van der Waals surface area contributed by atoms with E-state index in [1.165, 1.54) is 38.8 Å².